The third-order valence-corrected chi connectivity index (χ3v) is 2.61. The Bertz CT molecular complexity index is 503. The topological polar surface area (TPSA) is 48.1 Å². The minimum Gasteiger partial charge on any atom is -0.341 e. The first kappa shape index (κ1) is 10.4. The molecule has 4 heteroatoms. The fourth-order valence-corrected chi connectivity index (χ4v) is 1.68. The summed E-state index contributed by atoms with van der Waals surface area (Å²) in [5, 5.41) is 10.7. The van der Waals surface area contributed by atoms with Crippen LogP contribution in [-0.2, 0) is 6.54 Å². The Morgan fingerprint density at radius 2 is 1.94 bits per heavy atom. The Kier molecular flexibility index (Phi) is 2.72. The minimum absolute atomic E-state index is 0.177. The Morgan fingerprint density at radius 3 is 2.50 bits per heavy atom. The van der Waals surface area contributed by atoms with Crippen LogP contribution in [-0.4, -0.2) is 9.49 Å². The number of aromatic nitrogens is 1. The predicted octanol–water partition coefficient (Wildman–Crippen LogP) is 2.75. The highest BCUT2D eigenvalue weighted by atomic mass is 16.6. The van der Waals surface area contributed by atoms with Crippen LogP contribution in [0, 0.1) is 17.0 Å². The van der Waals surface area contributed by atoms with Gasteiger partial charge in [0.25, 0.3) is 5.69 Å². The molecule has 1 aromatic carbocycles. The van der Waals surface area contributed by atoms with Crippen molar-refractivity contribution in [1.29, 1.82) is 0 Å². The zero-order valence-electron chi connectivity index (χ0n) is 8.96. The third-order valence-electron chi connectivity index (χ3n) is 2.61. The van der Waals surface area contributed by atoms with Crippen LogP contribution in [0.25, 0.3) is 0 Å². The van der Waals surface area contributed by atoms with Crippen LogP contribution in [0.3, 0.4) is 0 Å². The van der Waals surface area contributed by atoms with Gasteiger partial charge in [-0.15, -0.1) is 0 Å². The average Bonchev–Trinajstić information content (AvgIpc) is 2.62. The standard InChI is InChI=1S/C12H12N2O2/c1-10-12(14(15)16)7-8-13(10)9-11-5-3-2-4-6-11/h2-8H,9H2,1H3. The van der Waals surface area contributed by atoms with Crippen molar-refractivity contribution in [1.82, 2.24) is 4.57 Å². The van der Waals surface area contributed by atoms with Crippen LogP contribution in [0.2, 0.25) is 0 Å². The van der Waals surface area contributed by atoms with E-state index in [1.54, 1.807) is 13.1 Å². The van der Waals surface area contributed by atoms with Gasteiger partial charge < -0.3 is 4.57 Å². The smallest absolute Gasteiger partial charge is 0.289 e. The number of nitro groups is 1. The highest BCUT2D eigenvalue weighted by Crippen LogP contribution is 2.19. The molecule has 2 aromatic rings. The molecule has 16 heavy (non-hydrogen) atoms. The summed E-state index contributed by atoms with van der Waals surface area (Å²) in [6.45, 7) is 2.43. The molecule has 0 spiro atoms. The lowest BCUT2D eigenvalue weighted by atomic mass is 10.2. The van der Waals surface area contributed by atoms with E-state index in [1.165, 1.54) is 6.07 Å². The number of benzene rings is 1. The maximum absolute atomic E-state index is 10.7. The number of rotatable bonds is 3. The second kappa shape index (κ2) is 4.18. The highest BCUT2D eigenvalue weighted by molar-refractivity contribution is 5.36. The number of hydrogen-bond donors (Lipinski definition) is 0. The lowest BCUT2D eigenvalue weighted by molar-refractivity contribution is -0.385. The van der Waals surface area contributed by atoms with E-state index in [-0.39, 0.29) is 10.6 Å². The Labute approximate surface area is 93.3 Å². The Hall–Kier alpha value is -2.10. The Morgan fingerprint density at radius 1 is 1.25 bits per heavy atom. The maximum Gasteiger partial charge on any atom is 0.289 e. The largest absolute Gasteiger partial charge is 0.341 e. The van der Waals surface area contributed by atoms with Crippen LogP contribution >= 0.6 is 0 Å². The van der Waals surface area contributed by atoms with Crippen LogP contribution < -0.4 is 0 Å². The van der Waals surface area contributed by atoms with Gasteiger partial charge in [0.2, 0.25) is 0 Å². The summed E-state index contributed by atoms with van der Waals surface area (Å²) in [6.07, 6.45) is 1.75. The van der Waals surface area contributed by atoms with Crippen molar-refractivity contribution in [2.75, 3.05) is 0 Å². The van der Waals surface area contributed by atoms with E-state index in [4.69, 9.17) is 0 Å². The molecule has 0 N–H and O–H groups in total. The molecule has 82 valence electrons. The van der Waals surface area contributed by atoms with Crippen molar-refractivity contribution < 1.29 is 4.92 Å². The van der Waals surface area contributed by atoms with E-state index in [9.17, 15) is 10.1 Å². The molecule has 0 radical (unpaired) electrons. The van der Waals surface area contributed by atoms with E-state index in [2.05, 4.69) is 0 Å². The molecule has 0 unspecified atom stereocenters. The fraction of sp³-hybridized carbons (Fsp3) is 0.167. The van der Waals surface area contributed by atoms with Crippen molar-refractivity contribution in [3.63, 3.8) is 0 Å². The van der Waals surface area contributed by atoms with E-state index in [0.717, 1.165) is 5.56 Å². The molecule has 0 atom stereocenters. The van der Waals surface area contributed by atoms with Crippen LogP contribution in [0.15, 0.2) is 42.6 Å². The van der Waals surface area contributed by atoms with Gasteiger partial charge in [-0.1, -0.05) is 30.3 Å². The molecule has 0 bridgehead atoms. The van der Waals surface area contributed by atoms with Crippen molar-refractivity contribution in [2.24, 2.45) is 0 Å². The first-order chi connectivity index (χ1) is 7.68. The summed E-state index contributed by atoms with van der Waals surface area (Å²) in [7, 11) is 0. The van der Waals surface area contributed by atoms with E-state index < -0.39 is 0 Å². The fourth-order valence-electron chi connectivity index (χ4n) is 1.68. The molecular weight excluding hydrogens is 204 g/mol. The molecule has 0 saturated heterocycles. The summed E-state index contributed by atoms with van der Waals surface area (Å²) >= 11 is 0. The lowest BCUT2D eigenvalue weighted by Gasteiger charge is -2.05. The molecule has 1 aromatic heterocycles. The Balaban J connectivity index is 2.26. The zero-order valence-corrected chi connectivity index (χ0v) is 8.96. The summed E-state index contributed by atoms with van der Waals surface area (Å²) < 4.78 is 1.88. The van der Waals surface area contributed by atoms with Gasteiger partial charge in [-0.05, 0) is 12.5 Å². The molecule has 0 aliphatic heterocycles. The third kappa shape index (κ3) is 1.95. The second-order valence-electron chi connectivity index (χ2n) is 3.66. The highest BCUT2D eigenvalue weighted by Gasteiger charge is 2.14. The van der Waals surface area contributed by atoms with Gasteiger partial charge in [-0.25, -0.2) is 0 Å². The molecule has 0 fully saturated rings. The normalized spacial score (nSPS) is 10.3. The molecule has 0 saturated carbocycles. The predicted molar refractivity (Wildman–Crippen MR) is 61.4 cm³/mol. The molecule has 0 amide bonds. The van der Waals surface area contributed by atoms with Crippen molar-refractivity contribution in [2.45, 2.75) is 13.5 Å². The van der Waals surface area contributed by atoms with Gasteiger partial charge in [0, 0.05) is 18.8 Å². The summed E-state index contributed by atoms with van der Waals surface area (Å²) in [6, 6.07) is 11.4. The monoisotopic (exact) mass is 216 g/mol. The minimum atomic E-state index is -0.350. The SMILES string of the molecule is Cc1c([N+](=O)[O-])ccn1Cc1ccccc1. The zero-order chi connectivity index (χ0) is 11.5. The van der Waals surface area contributed by atoms with Gasteiger partial charge in [0.1, 0.15) is 0 Å². The lowest BCUT2D eigenvalue weighted by Crippen LogP contribution is -2.01. The summed E-state index contributed by atoms with van der Waals surface area (Å²) in [4.78, 5) is 10.3. The van der Waals surface area contributed by atoms with Crippen LogP contribution in [0.5, 0.6) is 0 Å². The molecule has 1 heterocycles. The molecule has 0 aliphatic carbocycles. The molecule has 0 aliphatic rings. The van der Waals surface area contributed by atoms with E-state index in [0.29, 0.717) is 12.2 Å². The molecule has 4 nitrogen and oxygen atoms in total. The van der Waals surface area contributed by atoms with Gasteiger partial charge in [-0.3, -0.25) is 10.1 Å². The van der Waals surface area contributed by atoms with Crippen molar-refractivity contribution in [3.8, 4) is 0 Å². The van der Waals surface area contributed by atoms with Crippen molar-refractivity contribution in [3.05, 3.63) is 64.0 Å². The van der Waals surface area contributed by atoms with E-state index >= 15 is 0 Å². The first-order valence-electron chi connectivity index (χ1n) is 5.02. The van der Waals surface area contributed by atoms with Gasteiger partial charge in [-0.2, -0.15) is 0 Å². The second-order valence-corrected chi connectivity index (χ2v) is 3.66. The number of nitrogens with zero attached hydrogens (tertiary/aromatic N) is 2. The van der Waals surface area contributed by atoms with Crippen molar-refractivity contribution >= 4 is 5.69 Å². The maximum atomic E-state index is 10.7. The van der Waals surface area contributed by atoms with Crippen LogP contribution in [0.1, 0.15) is 11.3 Å². The van der Waals surface area contributed by atoms with E-state index in [1.807, 2.05) is 34.9 Å². The quantitative estimate of drug-likeness (QED) is 0.585. The summed E-state index contributed by atoms with van der Waals surface area (Å²) in [5.74, 6) is 0. The molecule has 2 rings (SSSR count). The van der Waals surface area contributed by atoms with Gasteiger partial charge in [0.05, 0.1) is 10.6 Å². The molecular formula is C12H12N2O2. The van der Waals surface area contributed by atoms with Gasteiger partial charge in [0.15, 0.2) is 0 Å². The van der Waals surface area contributed by atoms with Crippen LogP contribution in [0.4, 0.5) is 5.69 Å². The first-order valence-corrected chi connectivity index (χ1v) is 5.02. The summed E-state index contributed by atoms with van der Waals surface area (Å²) in [5.41, 5.74) is 2.00. The number of hydrogen-bond acceptors (Lipinski definition) is 2. The van der Waals surface area contributed by atoms with Gasteiger partial charge >= 0.3 is 0 Å². The average molecular weight is 216 g/mol.